The molecule has 1 aliphatic heterocycles. The highest BCUT2D eigenvalue weighted by Crippen LogP contribution is 2.20. The number of amides is 1. The fraction of sp³-hybridized carbons (Fsp3) is 0.318. The van der Waals surface area contributed by atoms with Gasteiger partial charge in [0.15, 0.2) is 0 Å². The Morgan fingerprint density at radius 2 is 1.83 bits per heavy atom. The maximum absolute atomic E-state index is 13.3. The average molecular weight is 409 g/mol. The van der Waals surface area contributed by atoms with Crippen LogP contribution < -0.4 is 0 Å². The predicted molar refractivity (Wildman–Crippen MR) is 109 cm³/mol. The molecule has 1 fully saturated rings. The van der Waals surface area contributed by atoms with Gasteiger partial charge in [-0.25, -0.2) is 14.1 Å². The van der Waals surface area contributed by atoms with Gasteiger partial charge in [-0.05, 0) is 29.8 Å². The maximum Gasteiger partial charge on any atom is 0.254 e. The zero-order valence-electron chi connectivity index (χ0n) is 16.6. The van der Waals surface area contributed by atoms with Gasteiger partial charge < -0.3 is 10.0 Å². The first-order valence-electron chi connectivity index (χ1n) is 9.87. The number of carbonyl (C=O) groups excluding carboxylic acids is 1. The number of nitrogens with zero attached hydrogens (tertiary/aromatic N) is 5. The molecule has 7 nitrogen and oxygen atoms in total. The summed E-state index contributed by atoms with van der Waals surface area (Å²) >= 11 is 0. The van der Waals surface area contributed by atoms with E-state index in [4.69, 9.17) is 0 Å². The lowest BCUT2D eigenvalue weighted by atomic mass is 10.0. The highest BCUT2D eigenvalue weighted by Gasteiger charge is 2.37. The van der Waals surface area contributed by atoms with E-state index >= 15 is 0 Å². The van der Waals surface area contributed by atoms with Crippen molar-refractivity contribution in [2.45, 2.75) is 18.7 Å². The Morgan fingerprint density at radius 3 is 2.53 bits per heavy atom. The molecule has 2 aromatic carbocycles. The van der Waals surface area contributed by atoms with E-state index < -0.39 is 5.60 Å². The van der Waals surface area contributed by atoms with Crippen LogP contribution in [0.25, 0.3) is 0 Å². The Labute approximate surface area is 174 Å². The first-order valence-corrected chi connectivity index (χ1v) is 9.87. The van der Waals surface area contributed by atoms with Crippen LogP contribution >= 0.6 is 0 Å². The summed E-state index contributed by atoms with van der Waals surface area (Å²) in [5, 5.41) is 15.6. The minimum absolute atomic E-state index is 0.147. The Hall–Kier alpha value is -3.10. The van der Waals surface area contributed by atoms with Crippen molar-refractivity contribution in [2.24, 2.45) is 0 Å². The van der Waals surface area contributed by atoms with Crippen LogP contribution in [0.3, 0.4) is 0 Å². The molecule has 3 aromatic rings. The second-order valence-electron chi connectivity index (χ2n) is 7.75. The molecule has 0 saturated carbocycles. The van der Waals surface area contributed by atoms with Crippen molar-refractivity contribution >= 4 is 5.91 Å². The van der Waals surface area contributed by atoms with Crippen molar-refractivity contribution in [2.75, 3.05) is 26.2 Å². The van der Waals surface area contributed by atoms with Crippen molar-refractivity contribution in [3.63, 3.8) is 0 Å². The van der Waals surface area contributed by atoms with Crippen molar-refractivity contribution in [1.29, 1.82) is 0 Å². The van der Waals surface area contributed by atoms with E-state index in [0.29, 0.717) is 31.7 Å². The van der Waals surface area contributed by atoms with Crippen LogP contribution in [0.1, 0.15) is 15.9 Å². The Balaban J connectivity index is 1.57. The number of benzene rings is 2. The van der Waals surface area contributed by atoms with Crippen LogP contribution in [0.5, 0.6) is 0 Å². The molecule has 156 valence electrons. The van der Waals surface area contributed by atoms with Crippen molar-refractivity contribution < 1.29 is 14.3 Å². The molecule has 1 atom stereocenters. The van der Waals surface area contributed by atoms with Crippen molar-refractivity contribution in [3.8, 4) is 0 Å². The summed E-state index contributed by atoms with van der Waals surface area (Å²) in [5.74, 6) is -0.618. The quantitative estimate of drug-likeness (QED) is 0.696. The van der Waals surface area contributed by atoms with E-state index in [-0.39, 0.29) is 24.8 Å². The molecular weight excluding hydrogens is 385 g/mol. The first-order chi connectivity index (χ1) is 14.5. The molecule has 0 bridgehead atoms. The fourth-order valence-corrected chi connectivity index (χ4v) is 3.88. The number of aliphatic hydroxyl groups is 1. The van der Waals surface area contributed by atoms with Gasteiger partial charge in [0, 0.05) is 31.7 Å². The van der Waals surface area contributed by atoms with Gasteiger partial charge in [-0.15, -0.1) is 0 Å². The molecule has 4 rings (SSSR count). The van der Waals surface area contributed by atoms with Gasteiger partial charge in [-0.1, -0.05) is 30.3 Å². The Kier molecular flexibility index (Phi) is 5.87. The fourth-order valence-electron chi connectivity index (χ4n) is 3.88. The van der Waals surface area contributed by atoms with Gasteiger partial charge in [0.1, 0.15) is 24.1 Å². The minimum Gasteiger partial charge on any atom is -0.385 e. The third kappa shape index (κ3) is 4.90. The smallest absolute Gasteiger partial charge is 0.254 e. The maximum atomic E-state index is 13.3. The van der Waals surface area contributed by atoms with E-state index in [1.807, 2.05) is 30.3 Å². The molecule has 0 aliphatic carbocycles. The number of hydrogen-bond acceptors (Lipinski definition) is 5. The van der Waals surface area contributed by atoms with Gasteiger partial charge in [0.25, 0.3) is 5.91 Å². The lowest BCUT2D eigenvalue weighted by molar-refractivity contribution is -0.0184. The molecule has 0 radical (unpaired) electrons. The van der Waals surface area contributed by atoms with E-state index in [1.54, 1.807) is 15.9 Å². The average Bonchev–Trinajstić information content (AvgIpc) is 3.18. The number of hydrogen-bond donors (Lipinski definition) is 1. The molecule has 2 heterocycles. The van der Waals surface area contributed by atoms with Crippen LogP contribution in [0.15, 0.2) is 67.3 Å². The Morgan fingerprint density at radius 1 is 1.07 bits per heavy atom. The van der Waals surface area contributed by atoms with E-state index in [9.17, 15) is 14.3 Å². The molecule has 0 spiro atoms. The van der Waals surface area contributed by atoms with Crippen molar-refractivity contribution in [1.82, 2.24) is 24.6 Å². The molecule has 1 aromatic heterocycles. The minimum atomic E-state index is -1.21. The van der Waals surface area contributed by atoms with Crippen LogP contribution in [-0.4, -0.2) is 67.4 Å². The third-order valence-corrected chi connectivity index (χ3v) is 5.24. The van der Waals surface area contributed by atoms with Gasteiger partial charge in [0.05, 0.1) is 13.1 Å². The van der Waals surface area contributed by atoms with Gasteiger partial charge >= 0.3 is 0 Å². The summed E-state index contributed by atoms with van der Waals surface area (Å²) in [6.45, 7) is 2.48. The van der Waals surface area contributed by atoms with Crippen molar-refractivity contribution in [3.05, 3.63) is 84.2 Å². The summed E-state index contributed by atoms with van der Waals surface area (Å²) < 4.78 is 14.8. The number of halogens is 1. The molecule has 1 N–H and O–H groups in total. The zero-order chi connectivity index (χ0) is 21.0. The summed E-state index contributed by atoms with van der Waals surface area (Å²) in [6, 6.07) is 15.5. The molecule has 1 amide bonds. The largest absolute Gasteiger partial charge is 0.385 e. The van der Waals surface area contributed by atoms with E-state index in [1.165, 1.54) is 30.6 Å². The number of β-amino-alcohol motifs (C(OH)–C–C–N with tert-alkyl or cyclic N) is 1. The second-order valence-corrected chi connectivity index (χ2v) is 7.75. The summed E-state index contributed by atoms with van der Waals surface area (Å²) in [5.41, 5.74) is 0.323. The molecule has 1 saturated heterocycles. The van der Waals surface area contributed by atoms with Crippen LogP contribution in [0, 0.1) is 5.82 Å². The van der Waals surface area contributed by atoms with Gasteiger partial charge in [-0.2, -0.15) is 5.10 Å². The first kappa shape index (κ1) is 20.2. The Bertz CT molecular complexity index is 965. The summed E-state index contributed by atoms with van der Waals surface area (Å²) in [4.78, 5) is 20.8. The van der Waals surface area contributed by atoms with E-state index in [0.717, 1.165) is 5.56 Å². The topological polar surface area (TPSA) is 74.5 Å². The van der Waals surface area contributed by atoms with Crippen LogP contribution in [0.4, 0.5) is 4.39 Å². The number of rotatable bonds is 5. The van der Waals surface area contributed by atoms with Gasteiger partial charge in [0.2, 0.25) is 0 Å². The number of aromatic nitrogens is 3. The SMILES string of the molecule is O=C(c1ccc(F)cc1)N1CCN(Cc2ccccc2)C[C@](O)(Cn2cncn2)C1. The molecule has 0 unspecified atom stereocenters. The molecular formula is C22H24FN5O2. The van der Waals surface area contributed by atoms with Gasteiger partial charge in [-0.3, -0.25) is 9.69 Å². The lowest BCUT2D eigenvalue weighted by Crippen LogP contribution is -2.51. The lowest BCUT2D eigenvalue weighted by Gasteiger charge is -2.33. The molecule has 30 heavy (non-hydrogen) atoms. The standard InChI is InChI=1S/C22H24FN5O2/c23-20-8-6-19(7-9-20)21(29)27-11-10-26(12-18-4-2-1-3-5-18)13-22(30,14-27)15-28-17-24-16-25-28/h1-9,16-17,30H,10-15H2/t22-/m1/s1. The second kappa shape index (κ2) is 8.73. The highest BCUT2D eigenvalue weighted by atomic mass is 19.1. The normalized spacial score (nSPS) is 20.1. The zero-order valence-corrected chi connectivity index (χ0v) is 16.6. The number of carbonyl (C=O) groups is 1. The molecule has 1 aliphatic rings. The highest BCUT2D eigenvalue weighted by molar-refractivity contribution is 5.94. The third-order valence-electron chi connectivity index (χ3n) is 5.24. The summed E-state index contributed by atoms with van der Waals surface area (Å²) in [6.07, 6.45) is 2.97. The van der Waals surface area contributed by atoms with E-state index in [2.05, 4.69) is 15.0 Å². The monoisotopic (exact) mass is 409 g/mol. The summed E-state index contributed by atoms with van der Waals surface area (Å²) in [7, 11) is 0. The molecule has 8 heteroatoms. The van der Waals surface area contributed by atoms with Crippen LogP contribution in [-0.2, 0) is 13.1 Å². The van der Waals surface area contributed by atoms with Crippen LogP contribution in [0.2, 0.25) is 0 Å². The predicted octanol–water partition coefficient (Wildman–Crippen LogP) is 1.81.